The molecule has 4 heteroatoms. The summed E-state index contributed by atoms with van der Waals surface area (Å²) in [5.74, 6) is -0.846. The maximum atomic E-state index is 13.6. The summed E-state index contributed by atoms with van der Waals surface area (Å²) in [5.41, 5.74) is 0.584. The van der Waals surface area contributed by atoms with E-state index in [1.165, 1.54) is 19.4 Å². The average molecular weight is 279 g/mol. The van der Waals surface area contributed by atoms with Gasteiger partial charge in [-0.2, -0.15) is 0 Å². The normalized spacial score (nSPS) is 20.1. The summed E-state index contributed by atoms with van der Waals surface area (Å²) in [6.07, 6.45) is 4.55. The van der Waals surface area contributed by atoms with Gasteiger partial charge in [-0.25, -0.2) is 4.39 Å². The minimum Gasteiger partial charge on any atom is -0.507 e. The maximum Gasteiger partial charge on any atom is 0.163 e. The predicted molar refractivity (Wildman–Crippen MR) is 76.4 cm³/mol. The quantitative estimate of drug-likeness (QED) is 0.858. The molecule has 1 saturated heterocycles. The summed E-state index contributed by atoms with van der Waals surface area (Å²) >= 11 is 0. The van der Waals surface area contributed by atoms with Gasteiger partial charge in [0.15, 0.2) is 5.78 Å². The first-order valence-corrected chi connectivity index (χ1v) is 7.29. The first-order valence-electron chi connectivity index (χ1n) is 7.29. The Balaban J connectivity index is 2.26. The molecule has 1 atom stereocenters. The monoisotopic (exact) mass is 279 g/mol. The van der Waals surface area contributed by atoms with Gasteiger partial charge >= 0.3 is 0 Å². The van der Waals surface area contributed by atoms with Crippen LogP contribution >= 0.6 is 0 Å². The van der Waals surface area contributed by atoms with Gasteiger partial charge in [0.1, 0.15) is 11.6 Å². The fraction of sp³-hybridized carbons (Fsp3) is 0.562. The highest BCUT2D eigenvalue weighted by Crippen LogP contribution is 2.29. The van der Waals surface area contributed by atoms with Crippen LogP contribution in [0.25, 0.3) is 0 Å². The highest BCUT2D eigenvalue weighted by atomic mass is 19.1. The molecule has 1 heterocycles. The molecule has 1 aromatic carbocycles. The fourth-order valence-electron chi connectivity index (χ4n) is 2.99. The van der Waals surface area contributed by atoms with E-state index < -0.39 is 5.82 Å². The number of phenols is 1. The number of Topliss-reactive ketones (excluding diaryl/α,β-unsaturated/α-hetero) is 1. The number of piperidine rings is 1. The van der Waals surface area contributed by atoms with E-state index in [1.54, 1.807) is 0 Å². The molecule has 1 fully saturated rings. The van der Waals surface area contributed by atoms with E-state index in [4.69, 9.17) is 0 Å². The van der Waals surface area contributed by atoms with Gasteiger partial charge in [-0.15, -0.1) is 0 Å². The lowest BCUT2D eigenvalue weighted by Gasteiger charge is -2.35. The van der Waals surface area contributed by atoms with Crippen LogP contribution in [0.1, 0.15) is 55.5 Å². The van der Waals surface area contributed by atoms with E-state index in [1.807, 2.05) is 0 Å². The molecule has 3 nitrogen and oxygen atoms in total. The SMILES string of the molecule is CCC1CCCCN1Cc1cc(F)cc(C(C)=O)c1O. The zero-order valence-electron chi connectivity index (χ0n) is 12.2. The Morgan fingerprint density at radius 1 is 1.45 bits per heavy atom. The topological polar surface area (TPSA) is 40.5 Å². The third-order valence-electron chi connectivity index (χ3n) is 4.13. The molecule has 110 valence electrons. The standard InChI is InChI=1S/C16H22FNO2/c1-3-14-6-4-5-7-18(14)10-12-8-13(17)9-15(11(2)19)16(12)20/h8-9,14,20H,3-7,10H2,1-2H3. The molecule has 0 radical (unpaired) electrons. The number of nitrogens with zero attached hydrogens (tertiary/aromatic N) is 1. The van der Waals surface area contributed by atoms with Crippen LogP contribution in [0.4, 0.5) is 4.39 Å². The van der Waals surface area contributed by atoms with Gasteiger partial charge in [-0.05, 0) is 44.9 Å². The van der Waals surface area contributed by atoms with E-state index in [2.05, 4.69) is 11.8 Å². The first-order chi connectivity index (χ1) is 9.52. The van der Waals surface area contributed by atoms with E-state index >= 15 is 0 Å². The molecular weight excluding hydrogens is 257 g/mol. The van der Waals surface area contributed by atoms with Crippen molar-refractivity contribution >= 4 is 5.78 Å². The number of rotatable bonds is 4. The van der Waals surface area contributed by atoms with Crippen LogP contribution in [0.3, 0.4) is 0 Å². The number of aromatic hydroxyl groups is 1. The van der Waals surface area contributed by atoms with Gasteiger partial charge in [0, 0.05) is 18.2 Å². The molecule has 0 amide bonds. The van der Waals surface area contributed by atoms with Crippen LogP contribution in [0.15, 0.2) is 12.1 Å². The molecule has 0 aliphatic carbocycles. The van der Waals surface area contributed by atoms with Crippen molar-refractivity contribution in [3.63, 3.8) is 0 Å². The van der Waals surface area contributed by atoms with Gasteiger partial charge in [0.2, 0.25) is 0 Å². The van der Waals surface area contributed by atoms with Crippen molar-refractivity contribution in [1.29, 1.82) is 0 Å². The highest BCUT2D eigenvalue weighted by Gasteiger charge is 2.23. The van der Waals surface area contributed by atoms with Crippen molar-refractivity contribution in [2.24, 2.45) is 0 Å². The Labute approximate surface area is 119 Å². The minimum absolute atomic E-state index is 0.0701. The minimum atomic E-state index is -0.465. The lowest BCUT2D eigenvalue weighted by Crippen LogP contribution is -2.38. The Morgan fingerprint density at radius 2 is 2.20 bits per heavy atom. The number of phenolic OH excluding ortho intramolecular Hbond substituents is 1. The summed E-state index contributed by atoms with van der Waals surface area (Å²) in [7, 11) is 0. The average Bonchev–Trinajstić information content (AvgIpc) is 2.42. The predicted octanol–water partition coefficient (Wildman–Crippen LogP) is 3.50. The smallest absolute Gasteiger partial charge is 0.163 e. The van der Waals surface area contributed by atoms with E-state index in [0.29, 0.717) is 18.2 Å². The largest absolute Gasteiger partial charge is 0.507 e. The van der Waals surface area contributed by atoms with Crippen molar-refractivity contribution < 1.29 is 14.3 Å². The number of carbonyl (C=O) groups is 1. The van der Waals surface area contributed by atoms with Crippen molar-refractivity contribution in [2.75, 3.05) is 6.54 Å². The number of carbonyl (C=O) groups excluding carboxylic acids is 1. The van der Waals surface area contributed by atoms with Crippen LogP contribution in [0.2, 0.25) is 0 Å². The molecule has 2 rings (SSSR count). The summed E-state index contributed by atoms with van der Waals surface area (Å²) in [6, 6.07) is 2.92. The molecule has 0 saturated carbocycles. The number of benzene rings is 1. The molecule has 1 aliphatic rings. The lowest BCUT2D eigenvalue weighted by atomic mass is 9.98. The third kappa shape index (κ3) is 3.18. The molecule has 1 aromatic rings. The molecule has 1 aliphatic heterocycles. The van der Waals surface area contributed by atoms with Gasteiger partial charge in [0.05, 0.1) is 5.56 Å². The second-order valence-corrected chi connectivity index (χ2v) is 5.55. The van der Waals surface area contributed by atoms with Gasteiger partial charge in [-0.3, -0.25) is 9.69 Å². The summed E-state index contributed by atoms with van der Waals surface area (Å²) in [5, 5.41) is 10.2. The number of likely N-dealkylation sites (tertiary alicyclic amines) is 1. The lowest BCUT2D eigenvalue weighted by molar-refractivity contribution is 0.101. The second-order valence-electron chi connectivity index (χ2n) is 5.55. The third-order valence-corrected chi connectivity index (χ3v) is 4.13. The number of halogens is 1. The van der Waals surface area contributed by atoms with Crippen LogP contribution in [-0.2, 0) is 6.54 Å². The van der Waals surface area contributed by atoms with Crippen molar-refractivity contribution in [3.05, 3.63) is 29.1 Å². The molecule has 20 heavy (non-hydrogen) atoms. The Hall–Kier alpha value is -1.42. The van der Waals surface area contributed by atoms with E-state index in [-0.39, 0.29) is 17.1 Å². The Kier molecular flexibility index (Phi) is 4.76. The van der Waals surface area contributed by atoms with Crippen LogP contribution in [0, 0.1) is 5.82 Å². The van der Waals surface area contributed by atoms with Crippen molar-refractivity contribution in [3.8, 4) is 5.75 Å². The van der Waals surface area contributed by atoms with Gasteiger partial charge in [0.25, 0.3) is 0 Å². The first kappa shape index (κ1) is 15.0. The van der Waals surface area contributed by atoms with Gasteiger partial charge in [-0.1, -0.05) is 13.3 Å². The summed E-state index contributed by atoms with van der Waals surface area (Å²) in [4.78, 5) is 13.7. The Morgan fingerprint density at radius 3 is 2.85 bits per heavy atom. The van der Waals surface area contributed by atoms with E-state index in [9.17, 15) is 14.3 Å². The zero-order chi connectivity index (χ0) is 14.7. The molecule has 0 spiro atoms. The molecule has 0 bridgehead atoms. The molecule has 0 aromatic heterocycles. The summed E-state index contributed by atoms with van der Waals surface area (Å²) in [6.45, 7) is 4.95. The van der Waals surface area contributed by atoms with E-state index in [0.717, 1.165) is 31.9 Å². The molecule has 1 unspecified atom stereocenters. The van der Waals surface area contributed by atoms with Crippen LogP contribution in [0.5, 0.6) is 5.75 Å². The van der Waals surface area contributed by atoms with Gasteiger partial charge < -0.3 is 5.11 Å². The highest BCUT2D eigenvalue weighted by molar-refractivity contribution is 5.97. The molecular formula is C16H22FNO2. The number of hydrogen-bond donors (Lipinski definition) is 1. The Bertz CT molecular complexity index is 501. The summed E-state index contributed by atoms with van der Waals surface area (Å²) < 4.78 is 13.6. The van der Waals surface area contributed by atoms with Crippen LogP contribution < -0.4 is 0 Å². The van der Waals surface area contributed by atoms with Crippen LogP contribution in [-0.4, -0.2) is 28.4 Å². The van der Waals surface area contributed by atoms with Crippen molar-refractivity contribution in [2.45, 2.75) is 52.1 Å². The second kappa shape index (κ2) is 6.35. The fourth-order valence-corrected chi connectivity index (χ4v) is 2.99. The zero-order valence-corrected chi connectivity index (χ0v) is 12.2. The molecule has 1 N–H and O–H groups in total. The number of hydrogen-bond acceptors (Lipinski definition) is 3. The maximum absolute atomic E-state index is 13.6. The number of ketones is 1. The van der Waals surface area contributed by atoms with Crippen molar-refractivity contribution in [1.82, 2.24) is 4.90 Å².